The molecule has 0 fully saturated rings. The van der Waals surface area contributed by atoms with E-state index >= 15 is 0 Å². The average molecular weight is 200 g/mol. The molecule has 0 aliphatic carbocycles. The van der Waals surface area contributed by atoms with Gasteiger partial charge >= 0.3 is 6.03 Å². The van der Waals surface area contributed by atoms with Crippen molar-refractivity contribution in [3.8, 4) is 0 Å². The molecule has 1 rings (SSSR count). The normalized spacial score (nSPS) is 10.0. The Kier molecular flexibility index (Phi) is 3.21. The fourth-order valence-corrected chi connectivity index (χ4v) is 1.69. The molecule has 2 amide bonds. The van der Waals surface area contributed by atoms with Crippen LogP contribution in [0.1, 0.15) is 4.88 Å². The Bertz CT molecular complexity index is 298. The Balaban J connectivity index is 2.81. The van der Waals surface area contributed by atoms with Crippen LogP contribution in [0, 0.1) is 6.92 Å². The number of carbonyl (C=O) groups is 1. The van der Waals surface area contributed by atoms with Crippen LogP contribution < -0.4 is 16.4 Å². The maximum atomic E-state index is 11.0. The molecule has 0 bridgehead atoms. The van der Waals surface area contributed by atoms with Gasteiger partial charge in [-0.1, -0.05) is 0 Å². The molecule has 0 unspecified atom stereocenters. The first-order valence-electron chi connectivity index (χ1n) is 3.84. The lowest BCUT2D eigenvalue weighted by molar-refractivity contribution is 0.254. The summed E-state index contributed by atoms with van der Waals surface area (Å²) in [5, 5.41) is 0.607. The van der Waals surface area contributed by atoms with Gasteiger partial charge in [0.15, 0.2) is 5.13 Å². The number of hydrogen-bond acceptors (Lipinski definition) is 4. The number of urea groups is 1. The van der Waals surface area contributed by atoms with Crippen LogP contribution in [0.5, 0.6) is 0 Å². The second-order valence-electron chi connectivity index (χ2n) is 2.53. The van der Waals surface area contributed by atoms with Gasteiger partial charge in [0.25, 0.3) is 0 Å². The molecule has 72 valence electrons. The Morgan fingerprint density at radius 1 is 1.77 bits per heavy atom. The molecule has 0 aliphatic heterocycles. The van der Waals surface area contributed by atoms with Gasteiger partial charge in [-0.3, -0.25) is 4.90 Å². The van der Waals surface area contributed by atoms with Gasteiger partial charge in [0.1, 0.15) is 0 Å². The standard InChI is InChI=1S/C7H12N4OS/c1-5-4-10-7(13-5)11(3-2-8)6(9)12/h4H,2-3,8H2,1H3,(H2,9,12). The zero-order valence-electron chi connectivity index (χ0n) is 7.36. The van der Waals surface area contributed by atoms with Gasteiger partial charge < -0.3 is 11.5 Å². The number of thiazole rings is 1. The van der Waals surface area contributed by atoms with Crippen LogP contribution in [0.2, 0.25) is 0 Å². The van der Waals surface area contributed by atoms with Crippen LogP contribution in [0.25, 0.3) is 0 Å². The van der Waals surface area contributed by atoms with E-state index in [4.69, 9.17) is 11.5 Å². The van der Waals surface area contributed by atoms with Crippen molar-refractivity contribution in [2.75, 3.05) is 18.0 Å². The van der Waals surface area contributed by atoms with E-state index in [1.165, 1.54) is 16.2 Å². The van der Waals surface area contributed by atoms with E-state index in [0.29, 0.717) is 18.2 Å². The molecule has 0 aromatic carbocycles. The van der Waals surface area contributed by atoms with Crippen LogP contribution in [0.4, 0.5) is 9.93 Å². The summed E-state index contributed by atoms with van der Waals surface area (Å²) in [6.07, 6.45) is 1.70. The van der Waals surface area contributed by atoms with E-state index in [9.17, 15) is 4.79 Å². The molecule has 4 N–H and O–H groups in total. The molecule has 5 nitrogen and oxygen atoms in total. The van der Waals surface area contributed by atoms with Crippen LogP contribution in [0.15, 0.2) is 6.20 Å². The summed E-state index contributed by atoms with van der Waals surface area (Å²) < 4.78 is 0. The van der Waals surface area contributed by atoms with Gasteiger partial charge in [-0.2, -0.15) is 0 Å². The van der Waals surface area contributed by atoms with Crippen molar-refractivity contribution < 1.29 is 4.79 Å². The predicted octanol–water partition coefficient (Wildman–Crippen LogP) is 0.295. The van der Waals surface area contributed by atoms with Crippen molar-refractivity contribution in [1.29, 1.82) is 0 Å². The van der Waals surface area contributed by atoms with Gasteiger partial charge in [-0.25, -0.2) is 9.78 Å². The fraction of sp³-hybridized carbons (Fsp3) is 0.429. The summed E-state index contributed by atoms with van der Waals surface area (Å²) in [5.41, 5.74) is 10.5. The van der Waals surface area contributed by atoms with Crippen molar-refractivity contribution >= 4 is 22.5 Å². The highest BCUT2D eigenvalue weighted by atomic mass is 32.1. The molecule has 0 radical (unpaired) electrons. The van der Waals surface area contributed by atoms with Crippen molar-refractivity contribution in [2.24, 2.45) is 11.5 Å². The molecule has 0 aliphatic rings. The number of aromatic nitrogens is 1. The van der Waals surface area contributed by atoms with E-state index in [0.717, 1.165) is 4.88 Å². The van der Waals surface area contributed by atoms with E-state index in [1.54, 1.807) is 6.20 Å². The van der Waals surface area contributed by atoms with Crippen molar-refractivity contribution in [2.45, 2.75) is 6.92 Å². The monoisotopic (exact) mass is 200 g/mol. The van der Waals surface area contributed by atoms with Gasteiger partial charge in [-0.05, 0) is 6.92 Å². The number of carbonyl (C=O) groups excluding carboxylic acids is 1. The smallest absolute Gasteiger partial charge is 0.321 e. The lowest BCUT2D eigenvalue weighted by atomic mass is 10.6. The predicted molar refractivity (Wildman–Crippen MR) is 52.8 cm³/mol. The molecule has 1 aromatic rings. The first-order chi connectivity index (χ1) is 6.15. The maximum absolute atomic E-state index is 11.0. The number of primary amides is 1. The summed E-state index contributed by atoms with van der Waals surface area (Å²) in [4.78, 5) is 17.4. The molecule has 0 spiro atoms. The third kappa shape index (κ3) is 2.40. The van der Waals surface area contributed by atoms with Crippen molar-refractivity contribution in [3.63, 3.8) is 0 Å². The van der Waals surface area contributed by atoms with Gasteiger partial charge in [0, 0.05) is 24.2 Å². The summed E-state index contributed by atoms with van der Waals surface area (Å²) in [6.45, 7) is 2.70. The van der Waals surface area contributed by atoms with Crippen LogP contribution >= 0.6 is 11.3 Å². The number of nitrogens with zero attached hydrogens (tertiary/aromatic N) is 2. The van der Waals surface area contributed by atoms with Crippen molar-refractivity contribution in [3.05, 3.63) is 11.1 Å². The van der Waals surface area contributed by atoms with Crippen molar-refractivity contribution in [1.82, 2.24) is 4.98 Å². The van der Waals surface area contributed by atoms with E-state index in [-0.39, 0.29) is 0 Å². The zero-order valence-corrected chi connectivity index (χ0v) is 8.17. The lowest BCUT2D eigenvalue weighted by Crippen LogP contribution is -2.39. The largest absolute Gasteiger partial charge is 0.351 e. The number of anilines is 1. The number of rotatable bonds is 3. The number of aryl methyl sites for hydroxylation is 1. The first-order valence-corrected chi connectivity index (χ1v) is 4.66. The molecule has 0 atom stereocenters. The van der Waals surface area contributed by atoms with Gasteiger partial charge in [0.05, 0.1) is 0 Å². The molecule has 13 heavy (non-hydrogen) atoms. The average Bonchev–Trinajstić information content (AvgIpc) is 2.46. The lowest BCUT2D eigenvalue weighted by Gasteiger charge is -2.15. The highest BCUT2D eigenvalue weighted by Crippen LogP contribution is 2.20. The Morgan fingerprint density at radius 3 is 2.85 bits per heavy atom. The quantitative estimate of drug-likeness (QED) is 0.735. The van der Waals surface area contributed by atoms with Crippen LogP contribution in [0.3, 0.4) is 0 Å². The first kappa shape index (κ1) is 9.94. The van der Waals surface area contributed by atoms with Crippen LogP contribution in [-0.4, -0.2) is 24.1 Å². The molecule has 1 aromatic heterocycles. The SMILES string of the molecule is Cc1cnc(N(CCN)C(N)=O)s1. The van der Waals surface area contributed by atoms with E-state index < -0.39 is 6.03 Å². The Hall–Kier alpha value is -1.14. The molecule has 1 heterocycles. The molecule has 0 saturated heterocycles. The minimum absolute atomic E-state index is 0.377. The maximum Gasteiger partial charge on any atom is 0.321 e. The summed E-state index contributed by atoms with van der Waals surface area (Å²) in [7, 11) is 0. The highest BCUT2D eigenvalue weighted by molar-refractivity contribution is 7.15. The zero-order chi connectivity index (χ0) is 9.84. The third-order valence-electron chi connectivity index (χ3n) is 1.46. The second-order valence-corrected chi connectivity index (χ2v) is 3.75. The summed E-state index contributed by atoms with van der Waals surface area (Å²) in [6, 6.07) is -0.514. The number of amides is 2. The minimum Gasteiger partial charge on any atom is -0.351 e. The fourth-order valence-electron chi connectivity index (χ4n) is 0.897. The third-order valence-corrected chi connectivity index (χ3v) is 2.39. The van der Waals surface area contributed by atoms with E-state index in [2.05, 4.69) is 4.98 Å². The van der Waals surface area contributed by atoms with E-state index in [1.807, 2.05) is 6.92 Å². The summed E-state index contributed by atoms with van der Waals surface area (Å²) in [5.74, 6) is 0. The van der Waals surface area contributed by atoms with Gasteiger partial charge in [-0.15, -0.1) is 11.3 Å². The Morgan fingerprint density at radius 2 is 2.46 bits per heavy atom. The van der Waals surface area contributed by atoms with Crippen LogP contribution in [-0.2, 0) is 0 Å². The second kappa shape index (κ2) is 4.20. The van der Waals surface area contributed by atoms with Gasteiger partial charge in [0.2, 0.25) is 0 Å². The number of nitrogens with two attached hydrogens (primary N) is 2. The molecule has 6 heteroatoms. The molecular formula is C7H12N4OS. The Labute approximate surface area is 80.4 Å². The molecular weight excluding hydrogens is 188 g/mol. The minimum atomic E-state index is -0.514. The highest BCUT2D eigenvalue weighted by Gasteiger charge is 2.13. The number of hydrogen-bond donors (Lipinski definition) is 2. The molecule has 0 saturated carbocycles. The topological polar surface area (TPSA) is 85.2 Å². The summed E-state index contributed by atoms with van der Waals surface area (Å²) >= 11 is 1.42.